The second-order valence-corrected chi connectivity index (χ2v) is 10.6. The summed E-state index contributed by atoms with van der Waals surface area (Å²) in [4.78, 5) is 53.6. The molecular formula is C26H20O10. The van der Waals surface area contributed by atoms with Crippen molar-refractivity contribution in [2.75, 3.05) is 13.2 Å². The van der Waals surface area contributed by atoms with Gasteiger partial charge in [0.1, 0.15) is 41.4 Å². The van der Waals surface area contributed by atoms with Crippen LogP contribution in [-0.2, 0) is 20.3 Å². The van der Waals surface area contributed by atoms with Crippen LogP contribution in [0.25, 0.3) is 0 Å². The summed E-state index contributed by atoms with van der Waals surface area (Å²) in [5.41, 5.74) is -5.48. The van der Waals surface area contributed by atoms with E-state index in [-0.39, 0.29) is 38.9 Å². The van der Waals surface area contributed by atoms with Crippen LogP contribution in [0, 0.1) is 19.8 Å². The van der Waals surface area contributed by atoms with Crippen molar-refractivity contribution in [1.82, 2.24) is 0 Å². The van der Waals surface area contributed by atoms with E-state index in [4.69, 9.17) is 9.47 Å². The van der Waals surface area contributed by atoms with Gasteiger partial charge >= 0.3 is 11.9 Å². The molecule has 4 N–H and O–H groups in total. The molecule has 3 aliphatic carbocycles. The predicted octanol–water partition coefficient (Wildman–Crippen LogP) is 0.736. The summed E-state index contributed by atoms with van der Waals surface area (Å²) in [5, 5.41) is 45.4. The van der Waals surface area contributed by atoms with Gasteiger partial charge in [-0.1, -0.05) is 0 Å². The van der Waals surface area contributed by atoms with Gasteiger partial charge in [0.05, 0.1) is 17.4 Å². The molecule has 2 aliphatic heterocycles. The Morgan fingerprint density at radius 2 is 1.39 bits per heavy atom. The third-order valence-electron chi connectivity index (χ3n) is 9.13. The van der Waals surface area contributed by atoms with E-state index >= 15 is 0 Å². The number of hydrogen-bond acceptors (Lipinski definition) is 10. The average molecular weight is 492 g/mol. The fraction of sp³-hybridized carbons (Fsp3) is 0.385. The minimum Gasteiger partial charge on any atom is -0.507 e. The SMILES string of the molecule is Cc1cc(O)c2c3c1C(=O)C1(O)CC3(COC2=O)C23COC(=O)c4c(O)cc(C)c(c42)C(=O)C1C3O. The van der Waals surface area contributed by atoms with Gasteiger partial charge in [0.15, 0.2) is 11.6 Å². The first kappa shape index (κ1) is 21.5. The number of aryl methyl sites for hydroxylation is 2. The Morgan fingerprint density at radius 1 is 0.833 bits per heavy atom. The zero-order chi connectivity index (χ0) is 25.7. The Balaban J connectivity index is 1.75. The van der Waals surface area contributed by atoms with Gasteiger partial charge in [0, 0.05) is 16.5 Å². The van der Waals surface area contributed by atoms with Crippen LogP contribution in [0.3, 0.4) is 0 Å². The molecule has 184 valence electrons. The first-order chi connectivity index (χ1) is 16.9. The van der Waals surface area contributed by atoms with Gasteiger partial charge in [-0.05, 0) is 54.7 Å². The molecule has 2 spiro atoms. The first-order valence-corrected chi connectivity index (χ1v) is 11.5. The average Bonchev–Trinajstić information content (AvgIpc) is 2.79. The highest BCUT2D eigenvalue weighted by Gasteiger charge is 2.79. The molecule has 10 nitrogen and oxygen atoms in total. The number of aliphatic hydroxyl groups is 2. The van der Waals surface area contributed by atoms with Crippen LogP contribution in [0.2, 0.25) is 0 Å². The maximum atomic E-state index is 13.9. The minimum atomic E-state index is -2.36. The van der Waals surface area contributed by atoms with Crippen LogP contribution >= 0.6 is 0 Å². The van der Waals surface area contributed by atoms with Crippen LogP contribution in [-0.4, -0.2) is 68.8 Å². The van der Waals surface area contributed by atoms with E-state index in [9.17, 15) is 39.6 Å². The molecule has 0 saturated heterocycles. The number of cyclic esters (lactones) is 2. The van der Waals surface area contributed by atoms with Gasteiger partial charge < -0.3 is 29.9 Å². The lowest BCUT2D eigenvalue weighted by Crippen LogP contribution is -2.80. The smallest absolute Gasteiger partial charge is 0.342 e. The number of phenols is 2. The highest BCUT2D eigenvalue weighted by molar-refractivity contribution is 6.17. The highest BCUT2D eigenvalue weighted by atomic mass is 16.5. The molecule has 0 aromatic heterocycles. The van der Waals surface area contributed by atoms with Gasteiger partial charge in [-0.25, -0.2) is 9.59 Å². The first-order valence-electron chi connectivity index (χ1n) is 11.5. The van der Waals surface area contributed by atoms with Crippen molar-refractivity contribution in [2.24, 2.45) is 5.92 Å². The van der Waals surface area contributed by atoms with Crippen LogP contribution in [0.1, 0.15) is 70.1 Å². The predicted molar refractivity (Wildman–Crippen MR) is 117 cm³/mol. The van der Waals surface area contributed by atoms with Crippen molar-refractivity contribution in [3.63, 3.8) is 0 Å². The number of ether oxygens (including phenoxy) is 2. The van der Waals surface area contributed by atoms with E-state index in [1.165, 1.54) is 19.1 Å². The molecule has 2 aromatic rings. The number of esters is 2. The van der Waals surface area contributed by atoms with E-state index in [0.717, 1.165) is 0 Å². The maximum absolute atomic E-state index is 13.9. The van der Waals surface area contributed by atoms with Crippen molar-refractivity contribution in [2.45, 2.75) is 42.8 Å². The number of fused-ring (bicyclic) bond motifs is 3. The van der Waals surface area contributed by atoms with Gasteiger partial charge in [0.25, 0.3) is 0 Å². The minimum absolute atomic E-state index is 0.0128. The molecule has 2 heterocycles. The van der Waals surface area contributed by atoms with Gasteiger partial charge in [-0.3, -0.25) is 9.59 Å². The van der Waals surface area contributed by atoms with Crippen LogP contribution in [0.15, 0.2) is 12.1 Å². The number of aliphatic hydroxyl groups excluding tert-OH is 1. The summed E-state index contributed by atoms with van der Waals surface area (Å²) in [7, 11) is 0. The molecule has 36 heavy (non-hydrogen) atoms. The summed E-state index contributed by atoms with van der Waals surface area (Å²) >= 11 is 0. The lowest BCUT2D eigenvalue weighted by atomic mass is 9.37. The molecule has 4 bridgehead atoms. The number of aromatic hydroxyl groups is 2. The Hall–Kier alpha value is -3.76. The number of Topliss-reactive ketones (excluding diaryl/α,β-unsaturated/α-hetero) is 2. The molecule has 10 heteroatoms. The Bertz CT molecular complexity index is 1540. The molecule has 0 radical (unpaired) electrons. The van der Waals surface area contributed by atoms with E-state index < -0.39 is 83.1 Å². The quantitative estimate of drug-likeness (QED) is 0.385. The van der Waals surface area contributed by atoms with E-state index in [1.54, 1.807) is 6.92 Å². The lowest BCUT2D eigenvalue weighted by molar-refractivity contribution is -0.170. The topological polar surface area (TPSA) is 168 Å². The fourth-order valence-electron chi connectivity index (χ4n) is 7.82. The highest BCUT2D eigenvalue weighted by Crippen LogP contribution is 2.68. The summed E-state index contributed by atoms with van der Waals surface area (Å²) in [6.07, 6.45) is -2.16. The lowest BCUT2D eigenvalue weighted by Gasteiger charge is -2.67. The van der Waals surface area contributed by atoms with Gasteiger partial charge in [0.2, 0.25) is 0 Å². The molecule has 7 rings (SSSR count). The normalized spacial score (nSPS) is 35.0. The number of carbonyl (C=O) groups excluding carboxylic acids is 4. The van der Waals surface area contributed by atoms with Crippen molar-refractivity contribution in [1.29, 1.82) is 0 Å². The summed E-state index contributed by atoms with van der Waals surface area (Å²) in [5.74, 6) is -5.81. The maximum Gasteiger partial charge on any atom is 0.342 e. The van der Waals surface area contributed by atoms with Crippen molar-refractivity contribution >= 4 is 23.5 Å². The molecule has 5 aliphatic rings. The monoisotopic (exact) mass is 492 g/mol. The van der Waals surface area contributed by atoms with Crippen molar-refractivity contribution < 1.29 is 49.1 Å². The van der Waals surface area contributed by atoms with Crippen molar-refractivity contribution in [3.8, 4) is 11.5 Å². The van der Waals surface area contributed by atoms with E-state index in [1.807, 2.05) is 0 Å². The number of ketones is 2. The van der Waals surface area contributed by atoms with E-state index in [2.05, 4.69) is 0 Å². The second-order valence-electron chi connectivity index (χ2n) is 10.6. The molecule has 5 atom stereocenters. The molecule has 1 saturated carbocycles. The number of rotatable bonds is 0. The Kier molecular flexibility index (Phi) is 3.56. The fourth-order valence-corrected chi connectivity index (χ4v) is 7.82. The van der Waals surface area contributed by atoms with Crippen LogP contribution < -0.4 is 0 Å². The number of hydrogen-bond donors (Lipinski definition) is 4. The van der Waals surface area contributed by atoms with Gasteiger partial charge in [-0.15, -0.1) is 0 Å². The van der Waals surface area contributed by atoms with E-state index in [0.29, 0.717) is 5.56 Å². The molecule has 0 amide bonds. The van der Waals surface area contributed by atoms with Crippen molar-refractivity contribution in [3.05, 3.63) is 56.6 Å². The van der Waals surface area contributed by atoms with Gasteiger partial charge in [-0.2, -0.15) is 0 Å². The van der Waals surface area contributed by atoms with Crippen LogP contribution in [0.5, 0.6) is 11.5 Å². The van der Waals surface area contributed by atoms with Crippen LogP contribution in [0.4, 0.5) is 0 Å². The zero-order valence-corrected chi connectivity index (χ0v) is 19.2. The standard InChI is InChI=1S/C26H20O10/c1-8-3-11(28)15-17-12(8)19(29)18-21(31)25(17,7-36-23(15)33)24-5-26(18,34)20(30)13-9(2)4-10(27)14(16(13)24)22(32)35-6-24/h3-4,18,21,27-28,31,34H,5-7H2,1-2H3. The summed E-state index contributed by atoms with van der Waals surface area (Å²) < 4.78 is 11.0. The number of carbonyl (C=O) groups is 4. The number of phenolic OH excluding ortho intramolecular Hbond substituents is 2. The second kappa shape index (κ2) is 5.96. The number of benzene rings is 2. The third kappa shape index (κ3) is 1.88. The Labute approximate surface area is 203 Å². The zero-order valence-electron chi connectivity index (χ0n) is 19.2. The largest absolute Gasteiger partial charge is 0.507 e. The third-order valence-corrected chi connectivity index (χ3v) is 9.13. The molecule has 2 aromatic carbocycles. The Morgan fingerprint density at radius 3 is 2.03 bits per heavy atom. The molecular weight excluding hydrogens is 472 g/mol. The summed E-state index contributed by atoms with van der Waals surface area (Å²) in [6.45, 7) is 2.19. The molecule has 5 unspecified atom stereocenters. The summed E-state index contributed by atoms with van der Waals surface area (Å²) in [6, 6.07) is 2.45. The molecule has 1 fully saturated rings.